The lowest BCUT2D eigenvalue weighted by atomic mass is 10.0. The number of aliphatic hydroxyl groups is 2. The molecule has 29 heavy (non-hydrogen) atoms. The number of nitrogens with two attached hydrogens (primary N) is 2. The molecule has 0 aliphatic heterocycles. The summed E-state index contributed by atoms with van der Waals surface area (Å²) in [5.74, 6) is -5.57. The van der Waals surface area contributed by atoms with E-state index in [-0.39, 0.29) is 0 Å². The minimum atomic E-state index is -1.56. The molecule has 0 rings (SSSR count). The topological polar surface area (TPSA) is 234 Å². The van der Waals surface area contributed by atoms with Crippen LogP contribution < -0.4 is 27.4 Å². The molecule has 0 saturated heterocycles. The van der Waals surface area contributed by atoms with Gasteiger partial charge in [0.15, 0.2) is 0 Å². The normalized spacial score (nSPS) is 16.1. The van der Waals surface area contributed by atoms with Crippen LogP contribution in [-0.2, 0) is 24.0 Å². The molecule has 13 heteroatoms. The molecule has 0 radical (unpaired) electrons. The molecular formula is C16H29N5O8. The fourth-order valence-electron chi connectivity index (χ4n) is 2.20. The lowest BCUT2D eigenvalue weighted by Crippen LogP contribution is -2.61. The second kappa shape index (κ2) is 11.9. The molecule has 0 aliphatic carbocycles. The zero-order chi connectivity index (χ0) is 22.9. The predicted molar refractivity (Wildman–Crippen MR) is 98.8 cm³/mol. The third-order valence-corrected chi connectivity index (χ3v) is 3.87. The van der Waals surface area contributed by atoms with E-state index >= 15 is 0 Å². The molecule has 0 spiro atoms. The fraction of sp³-hybridized carbons (Fsp3) is 0.688. The number of nitrogens with one attached hydrogen (secondary N) is 3. The summed E-state index contributed by atoms with van der Waals surface area (Å²) in [7, 11) is 0. The van der Waals surface area contributed by atoms with Gasteiger partial charge in [-0.1, -0.05) is 13.8 Å². The third-order valence-electron chi connectivity index (χ3n) is 3.87. The number of carboxylic acid groups (broad SMARTS) is 1. The van der Waals surface area contributed by atoms with Gasteiger partial charge in [0.05, 0.1) is 25.2 Å². The summed E-state index contributed by atoms with van der Waals surface area (Å²) in [6.45, 7) is 3.42. The maximum Gasteiger partial charge on any atom is 0.326 e. The van der Waals surface area contributed by atoms with Gasteiger partial charge in [-0.25, -0.2) is 4.79 Å². The van der Waals surface area contributed by atoms with Gasteiger partial charge in [0.25, 0.3) is 0 Å². The van der Waals surface area contributed by atoms with E-state index in [1.807, 2.05) is 0 Å². The van der Waals surface area contributed by atoms with Gasteiger partial charge in [-0.2, -0.15) is 0 Å². The Morgan fingerprint density at radius 2 is 1.41 bits per heavy atom. The van der Waals surface area contributed by atoms with Crippen molar-refractivity contribution in [1.82, 2.24) is 16.0 Å². The number of amides is 4. The smallest absolute Gasteiger partial charge is 0.326 e. The van der Waals surface area contributed by atoms with Crippen LogP contribution in [-0.4, -0.2) is 81.8 Å². The van der Waals surface area contributed by atoms with Gasteiger partial charge >= 0.3 is 5.97 Å². The van der Waals surface area contributed by atoms with Crippen LogP contribution in [0.25, 0.3) is 0 Å². The molecular weight excluding hydrogens is 390 g/mol. The van der Waals surface area contributed by atoms with E-state index < -0.39 is 78.8 Å². The van der Waals surface area contributed by atoms with E-state index in [9.17, 15) is 34.2 Å². The van der Waals surface area contributed by atoms with Gasteiger partial charge in [0.2, 0.25) is 23.6 Å². The third kappa shape index (κ3) is 8.85. The Hall–Kier alpha value is -2.77. The highest BCUT2D eigenvalue weighted by Gasteiger charge is 2.33. The number of hydrogen-bond acceptors (Lipinski definition) is 8. The SMILES string of the molecule is CC(C)C(NC(=O)C(NC(=O)C(CO)NC(=O)C(N)CC(N)=O)C(C)O)C(=O)O. The number of carboxylic acids is 1. The van der Waals surface area contributed by atoms with E-state index in [1.54, 1.807) is 13.8 Å². The van der Waals surface area contributed by atoms with Crippen molar-refractivity contribution in [3.63, 3.8) is 0 Å². The molecule has 10 N–H and O–H groups in total. The van der Waals surface area contributed by atoms with E-state index in [0.717, 1.165) is 0 Å². The second-order valence-corrected chi connectivity index (χ2v) is 6.82. The van der Waals surface area contributed by atoms with Gasteiger partial charge in [-0.15, -0.1) is 0 Å². The van der Waals surface area contributed by atoms with Crippen LogP contribution in [0.3, 0.4) is 0 Å². The second-order valence-electron chi connectivity index (χ2n) is 6.82. The first-order valence-electron chi connectivity index (χ1n) is 8.78. The molecule has 0 fully saturated rings. The number of carbonyl (C=O) groups is 5. The Morgan fingerprint density at radius 3 is 1.79 bits per heavy atom. The maximum atomic E-state index is 12.3. The number of carbonyl (C=O) groups excluding carboxylic acids is 4. The number of aliphatic hydroxyl groups excluding tert-OH is 2. The Labute approximate surface area is 167 Å². The molecule has 0 aromatic carbocycles. The molecule has 0 saturated carbocycles. The van der Waals surface area contributed by atoms with Gasteiger partial charge in [0.1, 0.15) is 18.1 Å². The molecule has 166 valence electrons. The number of rotatable bonds is 12. The maximum absolute atomic E-state index is 12.3. The van der Waals surface area contributed by atoms with Crippen LogP contribution in [0.1, 0.15) is 27.2 Å². The Balaban J connectivity index is 5.18. The molecule has 0 bridgehead atoms. The van der Waals surface area contributed by atoms with Crippen molar-refractivity contribution in [3.05, 3.63) is 0 Å². The van der Waals surface area contributed by atoms with E-state index in [1.165, 1.54) is 6.92 Å². The quantitative estimate of drug-likeness (QED) is 0.153. The molecule has 5 atom stereocenters. The van der Waals surface area contributed by atoms with Gasteiger partial charge < -0.3 is 42.7 Å². The number of primary amides is 1. The van der Waals surface area contributed by atoms with Crippen molar-refractivity contribution in [1.29, 1.82) is 0 Å². The average Bonchev–Trinajstić information content (AvgIpc) is 2.59. The number of aliphatic carboxylic acids is 1. The lowest BCUT2D eigenvalue weighted by Gasteiger charge is -2.26. The van der Waals surface area contributed by atoms with Gasteiger partial charge in [0, 0.05) is 0 Å². The zero-order valence-electron chi connectivity index (χ0n) is 16.4. The van der Waals surface area contributed by atoms with E-state index in [4.69, 9.17) is 16.6 Å². The summed E-state index contributed by atoms with van der Waals surface area (Å²) in [6, 6.07) is -5.72. The summed E-state index contributed by atoms with van der Waals surface area (Å²) in [5.41, 5.74) is 10.4. The van der Waals surface area contributed by atoms with Crippen molar-refractivity contribution < 1.29 is 39.3 Å². The fourth-order valence-corrected chi connectivity index (χ4v) is 2.20. The van der Waals surface area contributed by atoms with Crippen molar-refractivity contribution >= 4 is 29.6 Å². The summed E-state index contributed by atoms with van der Waals surface area (Å²) >= 11 is 0. The first-order valence-corrected chi connectivity index (χ1v) is 8.78. The van der Waals surface area contributed by atoms with Crippen LogP contribution in [0.15, 0.2) is 0 Å². The molecule has 0 heterocycles. The summed E-state index contributed by atoms with van der Waals surface area (Å²) in [4.78, 5) is 58.5. The Kier molecular flexibility index (Phi) is 10.8. The average molecular weight is 419 g/mol. The highest BCUT2D eigenvalue weighted by Crippen LogP contribution is 2.04. The van der Waals surface area contributed by atoms with Crippen molar-refractivity contribution in [2.24, 2.45) is 17.4 Å². The van der Waals surface area contributed by atoms with Crippen LogP contribution in [0, 0.1) is 5.92 Å². The van der Waals surface area contributed by atoms with E-state index in [0.29, 0.717) is 0 Å². The zero-order valence-corrected chi connectivity index (χ0v) is 16.4. The van der Waals surface area contributed by atoms with Crippen molar-refractivity contribution in [3.8, 4) is 0 Å². The molecule has 0 aromatic rings. The van der Waals surface area contributed by atoms with Crippen LogP contribution in [0.2, 0.25) is 0 Å². The predicted octanol–water partition coefficient (Wildman–Crippen LogP) is -4.24. The highest BCUT2D eigenvalue weighted by molar-refractivity contribution is 5.95. The first kappa shape index (κ1) is 26.2. The molecule has 0 aliphatic rings. The largest absolute Gasteiger partial charge is 0.480 e. The summed E-state index contributed by atoms with van der Waals surface area (Å²) in [5, 5.41) is 34.7. The minimum absolute atomic E-state index is 0.474. The minimum Gasteiger partial charge on any atom is -0.480 e. The Morgan fingerprint density at radius 1 is 0.897 bits per heavy atom. The first-order chi connectivity index (χ1) is 13.3. The lowest BCUT2D eigenvalue weighted by molar-refractivity contribution is -0.144. The molecule has 4 amide bonds. The molecule has 0 aromatic heterocycles. The highest BCUT2D eigenvalue weighted by atomic mass is 16.4. The van der Waals surface area contributed by atoms with Crippen LogP contribution in [0.5, 0.6) is 0 Å². The summed E-state index contributed by atoms with van der Waals surface area (Å²) < 4.78 is 0. The van der Waals surface area contributed by atoms with Crippen molar-refractivity contribution in [2.75, 3.05) is 6.61 Å². The van der Waals surface area contributed by atoms with Gasteiger partial charge in [-0.05, 0) is 12.8 Å². The molecule has 5 unspecified atom stereocenters. The Bertz CT molecular complexity index is 624. The standard InChI is InChI=1S/C16H29N5O8/c1-6(2)11(16(28)29)20-15(27)12(7(3)23)21-14(26)9(5-22)19-13(25)8(17)4-10(18)24/h6-9,11-12,22-23H,4-5,17H2,1-3H3,(H2,18,24)(H,19,25)(H,20,27)(H,21,26)(H,28,29). The van der Waals surface area contributed by atoms with Crippen molar-refractivity contribution in [2.45, 2.75) is 57.5 Å². The molecule has 13 nitrogen and oxygen atoms in total. The summed E-state index contributed by atoms with van der Waals surface area (Å²) in [6.07, 6.45) is -1.91. The van der Waals surface area contributed by atoms with Crippen LogP contribution in [0.4, 0.5) is 0 Å². The number of hydrogen-bond donors (Lipinski definition) is 8. The monoisotopic (exact) mass is 419 g/mol. The van der Waals surface area contributed by atoms with Crippen LogP contribution >= 0.6 is 0 Å². The van der Waals surface area contributed by atoms with Gasteiger partial charge in [-0.3, -0.25) is 19.2 Å². The van der Waals surface area contributed by atoms with E-state index in [2.05, 4.69) is 16.0 Å².